The van der Waals surface area contributed by atoms with Crippen molar-refractivity contribution < 1.29 is 14.3 Å². The van der Waals surface area contributed by atoms with Gasteiger partial charge in [0.1, 0.15) is 11.9 Å². The predicted octanol–water partition coefficient (Wildman–Crippen LogP) is 1.23. The number of hydrogen-bond donors (Lipinski definition) is 1. The van der Waals surface area contributed by atoms with E-state index in [1.54, 1.807) is 6.92 Å². The minimum Gasteiger partial charge on any atom is -0.446 e. The van der Waals surface area contributed by atoms with Crippen molar-refractivity contribution in [3.05, 3.63) is 0 Å². The Kier molecular flexibility index (Phi) is 3.28. The molecule has 2 unspecified atom stereocenters. The first-order chi connectivity index (χ1) is 6.09. The third-order valence-electron chi connectivity index (χ3n) is 2.49. The molecule has 1 aliphatic rings. The van der Waals surface area contributed by atoms with Crippen LogP contribution in [0.15, 0.2) is 0 Å². The first kappa shape index (κ1) is 10.0. The SMILES string of the molecule is CC(OC(N)=O)C1CCCC(=O)C1. The van der Waals surface area contributed by atoms with E-state index in [1.807, 2.05) is 0 Å². The number of ketones is 1. The van der Waals surface area contributed by atoms with Crippen molar-refractivity contribution in [2.24, 2.45) is 11.7 Å². The number of rotatable bonds is 2. The zero-order chi connectivity index (χ0) is 9.84. The Morgan fingerprint density at radius 3 is 2.92 bits per heavy atom. The summed E-state index contributed by atoms with van der Waals surface area (Å²) in [6, 6.07) is 0. The van der Waals surface area contributed by atoms with E-state index in [0.717, 1.165) is 12.8 Å². The summed E-state index contributed by atoms with van der Waals surface area (Å²) in [4.78, 5) is 21.5. The Hall–Kier alpha value is -1.06. The van der Waals surface area contributed by atoms with Crippen LogP contribution in [0.3, 0.4) is 0 Å². The van der Waals surface area contributed by atoms with Crippen LogP contribution >= 0.6 is 0 Å². The Morgan fingerprint density at radius 1 is 1.69 bits per heavy atom. The predicted molar refractivity (Wildman–Crippen MR) is 47.1 cm³/mol. The number of ether oxygens (including phenoxy) is 1. The molecule has 1 aliphatic carbocycles. The fourth-order valence-corrected chi connectivity index (χ4v) is 1.74. The van der Waals surface area contributed by atoms with Gasteiger partial charge >= 0.3 is 6.09 Å². The molecule has 1 saturated carbocycles. The van der Waals surface area contributed by atoms with Crippen molar-refractivity contribution in [3.8, 4) is 0 Å². The molecule has 0 radical (unpaired) electrons. The van der Waals surface area contributed by atoms with Crippen LogP contribution in [-0.4, -0.2) is 18.0 Å². The molecular weight excluding hydrogens is 170 g/mol. The van der Waals surface area contributed by atoms with E-state index >= 15 is 0 Å². The first-order valence-electron chi connectivity index (χ1n) is 4.57. The monoisotopic (exact) mass is 185 g/mol. The van der Waals surface area contributed by atoms with Gasteiger partial charge in [-0.1, -0.05) is 0 Å². The van der Waals surface area contributed by atoms with E-state index in [9.17, 15) is 9.59 Å². The highest BCUT2D eigenvalue weighted by molar-refractivity contribution is 5.79. The first-order valence-corrected chi connectivity index (χ1v) is 4.57. The van der Waals surface area contributed by atoms with Crippen molar-refractivity contribution in [2.45, 2.75) is 38.7 Å². The molecule has 4 heteroatoms. The molecule has 0 aliphatic heterocycles. The maximum atomic E-state index is 11.1. The second kappa shape index (κ2) is 4.25. The summed E-state index contributed by atoms with van der Waals surface area (Å²) >= 11 is 0. The smallest absolute Gasteiger partial charge is 0.404 e. The normalized spacial score (nSPS) is 25.3. The number of amides is 1. The van der Waals surface area contributed by atoms with Crippen molar-refractivity contribution in [1.82, 2.24) is 0 Å². The summed E-state index contributed by atoms with van der Waals surface area (Å²) in [7, 11) is 0. The average Bonchev–Trinajstić information content (AvgIpc) is 2.03. The number of carbonyl (C=O) groups excluding carboxylic acids is 2. The van der Waals surface area contributed by atoms with Gasteiger partial charge in [-0.2, -0.15) is 0 Å². The second-order valence-electron chi connectivity index (χ2n) is 3.54. The fourth-order valence-electron chi connectivity index (χ4n) is 1.74. The average molecular weight is 185 g/mol. The zero-order valence-electron chi connectivity index (χ0n) is 7.79. The minimum absolute atomic E-state index is 0.161. The van der Waals surface area contributed by atoms with Gasteiger partial charge in [-0.05, 0) is 19.8 Å². The summed E-state index contributed by atoms with van der Waals surface area (Å²) in [6.45, 7) is 1.79. The van der Waals surface area contributed by atoms with E-state index < -0.39 is 6.09 Å². The van der Waals surface area contributed by atoms with Crippen LogP contribution in [0.1, 0.15) is 32.6 Å². The molecule has 0 bridgehead atoms. The zero-order valence-corrected chi connectivity index (χ0v) is 7.79. The standard InChI is InChI=1S/C9H15NO3/c1-6(13-9(10)12)7-3-2-4-8(11)5-7/h6-7H,2-5H2,1H3,(H2,10,12). The molecule has 1 amide bonds. The van der Waals surface area contributed by atoms with Crippen LogP contribution in [0.2, 0.25) is 0 Å². The van der Waals surface area contributed by atoms with Crippen molar-refractivity contribution >= 4 is 11.9 Å². The Morgan fingerprint density at radius 2 is 2.38 bits per heavy atom. The summed E-state index contributed by atoms with van der Waals surface area (Å²) < 4.78 is 4.82. The van der Waals surface area contributed by atoms with Gasteiger partial charge in [0.05, 0.1) is 0 Å². The number of primary amides is 1. The Labute approximate surface area is 77.4 Å². The van der Waals surface area contributed by atoms with Crippen LogP contribution < -0.4 is 5.73 Å². The van der Waals surface area contributed by atoms with Gasteiger partial charge in [0.15, 0.2) is 0 Å². The van der Waals surface area contributed by atoms with Gasteiger partial charge in [0.25, 0.3) is 0 Å². The summed E-state index contributed by atoms with van der Waals surface area (Å²) in [5.74, 6) is 0.421. The highest BCUT2D eigenvalue weighted by Gasteiger charge is 2.26. The quantitative estimate of drug-likeness (QED) is 0.703. The van der Waals surface area contributed by atoms with Crippen LogP contribution in [0, 0.1) is 5.92 Å². The minimum atomic E-state index is -0.759. The summed E-state index contributed by atoms with van der Waals surface area (Å²) in [5, 5.41) is 0. The van der Waals surface area contributed by atoms with Gasteiger partial charge in [0.2, 0.25) is 0 Å². The highest BCUT2D eigenvalue weighted by Crippen LogP contribution is 2.25. The number of Topliss-reactive ketones (excluding diaryl/α,β-unsaturated/α-hetero) is 1. The lowest BCUT2D eigenvalue weighted by Crippen LogP contribution is -2.30. The maximum absolute atomic E-state index is 11.1. The van der Waals surface area contributed by atoms with Gasteiger partial charge < -0.3 is 10.5 Å². The topological polar surface area (TPSA) is 69.4 Å². The van der Waals surface area contributed by atoms with Crippen molar-refractivity contribution in [1.29, 1.82) is 0 Å². The Bertz CT molecular complexity index is 215. The van der Waals surface area contributed by atoms with Crippen molar-refractivity contribution in [2.75, 3.05) is 0 Å². The number of nitrogens with two attached hydrogens (primary N) is 1. The highest BCUT2D eigenvalue weighted by atomic mass is 16.6. The van der Waals surface area contributed by atoms with Crippen molar-refractivity contribution in [3.63, 3.8) is 0 Å². The van der Waals surface area contributed by atoms with Gasteiger partial charge in [-0.15, -0.1) is 0 Å². The third-order valence-corrected chi connectivity index (χ3v) is 2.49. The van der Waals surface area contributed by atoms with Gasteiger partial charge in [-0.25, -0.2) is 4.79 Å². The summed E-state index contributed by atoms with van der Waals surface area (Å²) in [5.41, 5.74) is 4.89. The molecule has 4 nitrogen and oxygen atoms in total. The molecule has 2 N–H and O–H groups in total. The molecule has 2 atom stereocenters. The molecule has 0 aromatic carbocycles. The molecule has 0 saturated heterocycles. The number of hydrogen-bond acceptors (Lipinski definition) is 3. The maximum Gasteiger partial charge on any atom is 0.404 e. The molecule has 13 heavy (non-hydrogen) atoms. The van der Waals surface area contributed by atoms with Crippen LogP contribution in [0.4, 0.5) is 4.79 Å². The lowest BCUT2D eigenvalue weighted by Gasteiger charge is -2.25. The van der Waals surface area contributed by atoms with E-state index in [-0.39, 0.29) is 17.8 Å². The lowest BCUT2D eigenvalue weighted by molar-refractivity contribution is -0.122. The number of carbonyl (C=O) groups is 2. The van der Waals surface area contributed by atoms with Gasteiger partial charge in [0, 0.05) is 18.8 Å². The fraction of sp³-hybridized carbons (Fsp3) is 0.778. The molecule has 1 rings (SSSR count). The molecule has 0 heterocycles. The van der Waals surface area contributed by atoms with Crippen LogP contribution in [-0.2, 0) is 9.53 Å². The van der Waals surface area contributed by atoms with E-state index in [1.165, 1.54) is 0 Å². The van der Waals surface area contributed by atoms with Gasteiger partial charge in [-0.3, -0.25) is 4.79 Å². The van der Waals surface area contributed by atoms with Crippen LogP contribution in [0.25, 0.3) is 0 Å². The Balaban J connectivity index is 2.41. The molecular formula is C9H15NO3. The van der Waals surface area contributed by atoms with E-state index in [4.69, 9.17) is 10.5 Å². The molecule has 74 valence electrons. The van der Waals surface area contributed by atoms with E-state index in [2.05, 4.69) is 0 Å². The third kappa shape index (κ3) is 3.05. The van der Waals surface area contributed by atoms with Crippen LogP contribution in [0.5, 0.6) is 0 Å². The second-order valence-corrected chi connectivity index (χ2v) is 3.54. The molecule has 0 aromatic heterocycles. The molecule has 0 spiro atoms. The summed E-state index contributed by atoms with van der Waals surface area (Å²) in [6.07, 6.45) is 2.04. The van der Waals surface area contributed by atoms with E-state index in [0.29, 0.717) is 12.8 Å². The lowest BCUT2D eigenvalue weighted by atomic mass is 9.85. The molecule has 0 aromatic rings. The molecule has 1 fully saturated rings. The largest absolute Gasteiger partial charge is 0.446 e.